The lowest BCUT2D eigenvalue weighted by molar-refractivity contribution is 0.0151. The molecule has 1 heterocycles. The van der Waals surface area contributed by atoms with Gasteiger partial charge in [-0.3, -0.25) is 0 Å². The van der Waals surface area contributed by atoms with Crippen LogP contribution in [0.1, 0.15) is 38.5 Å². The quantitative estimate of drug-likeness (QED) is 0.743. The lowest BCUT2D eigenvalue weighted by Gasteiger charge is -2.25. The Labute approximate surface area is 86.4 Å². The van der Waals surface area contributed by atoms with Crippen molar-refractivity contribution in [2.45, 2.75) is 50.7 Å². The van der Waals surface area contributed by atoms with E-state index in [1.54, 1.807) is 0 Å². The third-order valence-electron chi connectivity index (χ3n) is 4.22. The fourth-order valence-electron chi connectivity index (χ4n) is 3.21. The van der Waals surface area contributed by atoms with Gasteiger partial charge in [0.25, 0.3) is 0 Å². The van der Waals surface area contributed by atoms with Gasteiger partial charge in [0.2, 0.25) is 0 Å². The van der Waals surface area contributed by atoms with Crippen LogP contribution in [0.25, 0.3) is 0 Å². The summed E-state index contributed by atoms with van der Waals surface area (Å²) in [6.07, 6.45) is 8.82. The first kappa shape index (κ1) is 9.17. The largest absolute Gasteiger partial charge is 0.377 e. The topological polar surface area (TPSA) is 21.3 Å². The average molecular weight is 195 g/mol. The van der Waals surface area contributed by atoms with E-state index in [4.69, 9.17) is 4.74 Å². The van der Waals surface area contributed by atoms with Crippen LogP contribution in [0, 0.1) is 11.8 Å². The first-order valence-electron chi connectivity index (χ1n) is 6.28. The Hall–Kier alpha value is -0.0800. The fraction of sp³-hybridized carbons (Fsp3) is 1.00. The van der Waals surface area contributed by atoms with Crippen LogP contribution in [0.15, 0.2) is 0 Å². The molecule has 3 rings (SSSR count). The van der Waals surface area contributed by atoms with Crippen LogP contribution < -0.4 is 5.32 Å². The summed E-state index contributed by atoms with van der Waals surface area (Å²) >= 11 is 0. The molecule has 0 spiro atoms. The highest BCUT2D eigenvalue weighted by Crippen LogP contribution is 2.51. The molecule has 2 saturated carbocycles. The number of hydrogen-bond acceptors (Lipinski definition) is 2. The third-order valence-corrected chi connectivity index (χ3v) is 4.22. The summed E-state index contributed by atoms with van der Waals surface area (Å²) in [6, 6.07) is 0.838. The molecule has 4 atom stereocenters. The predicted molar refractivity (Wildman–Crippen MR) is 56.2 cm³/mol. The van der Waals surface area contributed by atoms with Crippen LogP contribution in [0.3, 0.4) is 0 Å². The van der Waals surface area contributed by atoms with E-state index in [0.29, 0.717) is 6.10 Å². The first-order chi connectivity index (χ1) is 6.93. The van der Waals surface area contributed by atoms with Crippen molar-refractivity contribution in [2.75, 3.05) is 13.2 Å². The second-order valence-electron chi connectivity index (χ2n) is 5.24. The smallest absolute Gasteiger partial charge is 0.0699 e. The maximum atomic E-state index is 5.72. The summed E-state index contributed by atoms with van der Waals surface area (Å²) < 4.78 is 5.72. The molecule has 2 aliphatic carbocycles. The zero-order valence-corrected chi connectivity index (χ0v) is 8.87. The Balaban J connectivity index is 1.40. The Kier molecular flexibility index (Phi) is 2.50. The highest BCUT2D eigenvalue weighted by Gasteiger charge is 2.47. The number of hydrogen-bond donors (Lipinski definition) is 1. The van der Waals surface area contributed by atoms with Crippen molar-refractivity contribution in [3.05, 3.63) is 0 Å². The maximum absolute atomic E-state index is 5.72. The highest BCUT2D eigenvalue weighted by molar-refractivity contribution is 5.01. The van der Waals surface area contributed by atoms with Gasteiger partial charge in [-0.15, -0.1) is 0 Å². The van der Waals surface area contributed by atoms with E-state index in [0.717, 1.165) is 31.0 Å². The van der Waals surface area contributed by atoms with Crippen molar-refractivity contribution >= 4 is 0 Å². The van der Waals surface area contributed by atoms with Gasteiger partial charge in [0.15, 0.2) is 0 Å². The standard InChI is InChI=1S/C12H21NO/c1-2-6-14-10(3-1)8-13-12-5-4-9-7-11(9)12/h9-13H,1-8H2. The number of rotatable bonds is 3. The van der Waals surface area contributed by atoms with Crippen LogP contribution in [0.2, 0.25) is 0 Å². The third kappa shape index (κ3) is 1.82. The van der Waals surface area contributed by atoms with Crippen LogP contribution >= 0.6 is 0 Å². The Morgan fingerprint density at radius 2 is 2.14 bits per heavy atom. The summed E-state index contributed by atoms with van der Waals surface area (Å²) in [4.78, 5) is 0. The van der Waals surface area contributed by atoms with Gasteiger partial charge in [-0.1, -0.05) is 0 Å². The lowest BCUT2D eigenvalue weighted by atomic mass is 10.1. The summed E-state index contributed by atoms with van der Waals surface area (Å²) in [5, 5.41) is 3.72. The molecule has 1 N–H and O–H groups in total. The van der Waals surface area contributed by atoms with Crippen molar-refractivity contribution in [3.8, 4) is 0 Å². The van der Waals surface area contributed by atoms with Gasteiger partial charge in [0.1, 0.15) is 0 Å². The minimum atomic E-state index is 0.515. The molecule has 4 unspecified atom stereocenters. The monoisotopic (exact) mass is 195 g/mol. The molecule has 80 valence electrons. The molecule has 0 aromatic heterocycles. The van der Waals surface area contributed by atoms with Crippen molar-refractivity contribution in [1.29, 1.82) is 0 Å². The van der Waals surface area contributed by atoms with E-state index in [-0.39, 0.29) is 0 Å². The molecule has 0 bridgehead atoms. The fourth-order valence-corrected chi connectivity index (χ4v) is 3.21. The van der Waals surface area contributed by atoms with Crippen LogP contribution in [-0.2, 0) is 4.74 Å². The minimum Gasteiger partial charge on any atom is -0.377 e. The zero-order valence-electron chi connectivity index (χ0n) is 8.87. The number of nitrogens with one attached hydrogen (secondary N) is 1. The number of ether oxygens (including phenoxy) is 1. The maximum Gasteiger partial charge on any atom is 0.0699 e. The normalized spacial score (nSPS) is 46.3. The molecule has 1 aliphatic heterocycles. The van der Waals surface area contributed by atoms with Gasteiger partial charge < -0.3 is 10.1 Å². The summed E-state index contributed by atoms with van der Waals surface area (Å²) in [7, 11) is 0. The molecule has 14 heavy (non-hydrogen) atoms. The van der Waals surface area contributed by atoms with Crippen LogP contribution in [-0.4, -0.2) is 25.3 Å². The molecule has 2 heteroatoms. The van der Waals surface area contributed by atoms with Crippen molar-refractivity contribution < 1.29 is 4.74 Å². The molecule has 0 radical (unpaired) electrons. The molecule has 2 nitrogen and oxygen atoms in total. The molecule has 3 aliphatic rings. The van der Waals surface area contributed by atoms with Crippen LogP contribution in [0.5, 0.6) is 0 Å². The molecule has 0 aromatic rings. The van der Waals surface area contributed by atoms with Crippen LogP contribution in [0.4, 0.5) is 0 Å². The SMILES string of the molecule is C1CCC(CNC2CCC3CC32)OC1. The van der Waals surface area contributed by atoms with E-state index in [9.17, 15) is 0 Å². The molecular formula is C12H21NO. The molecule has 0 amide bonds. The Bertz CT molecular complexity index is 200. The van der Waals surface area contributed by atoms with E-state index >= 15 is 0 Å². The second-order valence-corrected chi connectivity index (χ2v) is 5.24. The first-order valence-corrected chi connectivity index (χ1v) is 6.28. The van der Waals surface area contributed by atoms with E-state index in [2.05, 4.69) is 5.32 Å². The summed E-state index contributed by atoms with van der Waals surface area (Å²) in [6.45, 7) is 2.09. The van der Waals surface area contributed by atoms with Gasteiger partial charge in [-0.2, -0.15) is 0 Å². The van der Waals surface area contributed by atoms with E-state index in [1.165, 1.54) is 38.5 Å². The minimum absolute atomic E-state index is 0.515. The highest BCUT2D eigenvalue weighted by atomic mass is 16.5. The Morgan fingerprint density at radius 3 is 2.79 bits per heavy atom. The van der Waals surface area contributed by atoms with E-state index < -0.39 is 0 Å². The van der Waals surface area contributed by atoms with E-state index in [1.807, 2.05) is 0 Å². The summed E-state index contributed by atoms with van der Waals surface area (Å²) in [5.74, 6) is 2.14. The molecule has 3 fully saturated rings. The summed E-state index contributed by atoms with van der Waals surface area (Å²) in [5.41, 5.74) is 0. The van der Waals surface area contributed by atoms with Gasteiger partial charge >= 0.3 is 0 Å². The predicted octanol–water partition coefficient (Wildman–Crippen LogP) is 1.94. The lowest BCUT2D eigenvalue weighted by Crippen LogP contribution is -2.38. The van der Waals surface area contributed by atoms with Crippen molar-refractivity contribution in [3.63, 3.8) is 0 Å². The van der Waals surface area contributed by atoms with Gasteiger partial charge in [-0.25, -0.2) is 0 Å². The number of fused-ring (bicyclic) bond motifs is 1. The Morgan fingerprint density at radius 1 is 1.14 bits per heavy atom. The van der Waals surface area contributed by atoms with Gasteiger partial charge in [-0.05, 0) is 50.4 Å². The molecule has 0 aromatic carbocycles. The molecular weight excluding hydrogens is 174 g/mol. The average Bonchev–Trinajstić information content (AvgIpc) is 2.92. The van der Waals surface area contributed by atoms with Crippen molar-refractivity contribution in [1.82, 2.24) is 5.32 Å². The second kappa shape index (κ2) is 3.82. The van der Waals surface area contributed by atoms with Crippen molar-refractivity contribution in [2.24, 2.45) is 11.8 Å². The molecule has 1 saturated heterocycles. The van der Waals surface area contributed by atoms with Gasteiger partial charge in [0, 0.05) is 19.2 Å². The zero-order chi connectivity index (χ0) is 9.38. The van der Waals surface area contributed by atoms with Gasteiger partial charge in [0.05, 0.1) is 6.10 Å².